The number of hydrogen-bond donors (Lipinski definition) is 0. The Balaban J connectivity index is 1.90. The molecule has 1 aliphatic heterocycles. The molecular weight excluding hydrogens is 320 g/mol. The van der Waals surface area contributed by atoms with E-state index in [1.165, 1.54) is 16.8 Å². The molecule has 1 aromatic heterocycles. The Kier molecular flexibility index (Phi) is 4.11. The van der Waals surface area contributed by atoms with Gasteiger partial charge in [-0.25, -0.2) is 9.97 Å². The Morgan fingerprint density at radius 2 is 1.69 bits per heavy atom. The van der Waals surface area contributed by atoms with Crippen LogP contribution in [0.5, 0.6) is 0 Å². The molecule has 0 bridgehead atoms. The van der Waals surface area contributed by atoms with Crippen LogP contribution in [0, 0.1) is 6.92 Å². The van der Waals surface area contributed by atoms with E-state index in [1.807, 2.05) is 13.0 Å². The Labute approximate surface area is 155 Å². The molecule has 4 rings (SSSR count). The molecule has 3 aromatic rings. The maximum absolute atomic E-state index is 4.82. The quantitative estimate of drug-likeness (QED) is 0.656. The van der Waals surface area contributed by atoms with E-state index in [4.69, 9.17) is 9.97 Å². The molecule has 2 aromatic carbocycles. The first-order chi connectivity index (χ1) is 12.6. The van der Waals surface area contributed by atoms with Crippen molar-refractivity contribution in [2.75, 3.05) is 23.9 Å². The van der Waals surface area contributed by atoms with E-state index in [1.54, 1.807) is 0 Å². The molecule has 0 saturated heterocycles. The number of para-hydroxylation sites is 2. The Bertz CT molecular complexity index is 936. The summed E-state index contributed by atoms with van der Waals surface area (Å²) in [6.07, 6.45) is 0.920. The highest BCUT2D eigenvalue weighted by Gasteiger charge is 2.27. The van der Waals surface area contributed by atoms with E-state index in [-0.39, 0.29) is 0 Å². The van der Waals surface area contributed by atoms with Gasteiger partial charge in [0.25, 0.3) is 0 Å². The van der Waals surface area contributed by atoms with E-state index < -0.39 is 0 Å². The second-order valence-corrected chi connectivity index (χ2v) is 7.01. The third kappa shape index (κ3) is 2.71. The maximum Gasteiger partial charge on any atom is 0.141 e. The van der Waals surface area contributed by atoms with Gasteiger partial charge in [0.2, 0.25) is 0 Å². The number of aryl methyl sites for hydroxylation is 1. The largest absolute Gasteiger partial charge is 0.329 e. The van der Waals surface area contributed by atoms with Crippen LogP contribution in [-0.4, -0.2) is 24.1 Å². The third-order valence-electron chi connectivity index (χ3n) is 5.19. The van der Waals surface area contributed by atoms with E-state index >= 15 is 0 Å². The van der Waals surface area contributed by atoms with E-state index in [0.717, 1.165) is 29.6 Å². The number of fused-ring (bicyclic) bond motifs is 2. The molecule has 0 unspecified atom stereocenters. The lowest BCUT2D eigenvalue weighted by molar-refractivity contribution is 0.761. The summed E-state index contributed by atoms with van der Waals surface area (Å²) in [6, 6.07) is 19.0. The summed E-state index contributed by atoms with van der Waals surface area (Å²) in [5, 5.41) is 0. The molecule has 0 radical (unpaired) electrons. The Morgan fingerprint density at radius 1 is 1.00 bits per heavy atom. The van der Waals surface area contributed by atoms with Crippen molar-refractivity contribution in [3.63, 3.8) is 0 Å². The van der Waals surface area contributed by atoms with E-state index in [9.17, 15) is 0 Å². The number of aromatic nitrogens is 2. The number of hydrogen-bond acceptors (Lipinski definition) is 4. The summed E-state index contributed by atoms with van der Waals surface area (Å²) < 4.78 is 0. The summed E-state index contributed by atoms with van der Waals surface area (Å²) in [5.41, 5.74) is 4.92. The molecule has 0 saturated carbocycles. The number of benzene rings is 2. The first kappa shape index (κ1) is 16.6. The average molecular weight is 344 g/mol. The van der Waals surface area contributed by atoms with Gasteiger partial charge in [-0.3, -0.25) is 0 Å². The topological polar surface area (TPSA) is 32.3 Å². The normalized spacial score (nSPS) is 15.8. The summed E-state index contributed by atoms with van der Waals surface area (Å²) in [4.78, 5) is 14.0. The van der Waals surface area contributed by atoms with E-state index in [2.05, 4.69) is 79.3 Å². The van der Waals surface area contributed by atoms with Gasteiger partial charge < -0.3 is 9.80 Å². The van der Waals surface area contributed by atoms with Crippen molar-refractivity contribution in [2.45, 2.75) is 26.2 Å². The zero-order valence-corrected chi connectivity index (χ0v) is 15.8. The van der Waals surface area contributed by atoms with Crippen LogP contribution in [0.2, 0.25) is 0 Å². The lowest BCUT2D eigenvalue weighted by Gasteiger charge is -2.26. The van der Waals surface area contributed by atoms with Crippen LogP contribution < -0.4 is 9.80 Å². The van der Waals surface area contributed by atoms with Crippen LogP contribution in [0.3, 0.4) is 0 Å². The molecule has 4 heteroatoms. The summed E-state index contributed by atoms with van der Waals surface area (Å²) in [6.45, 7) is 4.25. The minimum atomic E-state index is 0.407. The minimum absolute atomic E-state index is 0.407. The van der Waals surface area contributed by atoms with Crippen LogP contribution in [0.15, 0.2) is 54.6 Å². The van der Waals surface area contributed by atoms with Crippen molar-refractivity contribution in [2.24, 2.45) is 0 Å². The fraction of sp³-hybridized carbons (Fsp3) is 0.273. The van der Waals surface area contributed by atoms with Crippen LogP contribution in [0.4, 0.5) is 23.0 Å². The lowest BCUT2D eigenvalue weighted by Crippen LogP contribution is -2.19. The summed E-state index contributed by atoms with van der Waals surface area (Å²) in [7, 11) is 4.19. The van der Waals surface area contributed by atoms with Gasteiger partial charge >= 0.3 is 0 Å². The Morgan fingerprint density at radius 3 is 2.46 bits per heavy atom. The smallest absolute Gasteiger partial charge is 0.141 e. The highest BCUT2D eigenvalue weighted by molar-refractivity contribution is 5.75. The lowest BCUT2D eigenvalue weighted by atomic mass is 9.94. The molecule has 0 fully saturated rings. The molecule has 2 heterocycles. The highest BCUT2D eigenvalue weighted by atomic mass is 15.2. The van der Waals surface area contributed by atoms with Crippen LogP contribution in [0.25, 0.3) is 0 Å². The van der Waals surface area contributed by atoms with Crippen molar-refractivity contribution >= 4 is 23.0 Å². The summed E-state index contributed by atoms with van der Waals surface area (Å²) in [5.74, 6) is 3.20. The third-order valence-corrected chi connectivity index (χ3v) is 5.19. The molecule has 0 aliphatic carbocycles. The van der Waals surface area contributed by atoms with Gasteiger partial charge in [-0.1, -0.05) is 43.3 Å². The predicted molar refractivity (Wildman–Crippen MR) is 108 cm³/mol. The van der Waals surface area contributed by atoms with Gasteiger partial charge in [-0.15, -0.1) is 0 Å². The zero-order valence-electron chi connectivity index (χ0n) is 15.8. The fourth-order valence-corrected chi connectivity index (χ4v) is 3.82. The zero-order chi connectivity index (χ0) is 18.3. The number of anilines is 4. The summed E-state index contributed by atoms with van der Waals surface area (Å²) >= 11 is 0. The van der Waals surface area contributed by atoms with Crippen molar-refractivity contribution in [3.05, 3.63) is 71.5 Å². The molecular formula is C22H24N4. The molecule has 132 valence electrons. The van der Waals surface area contributed by atoms with Gasteiger partial charge in [0.1, 0.15) is 17.5 Å². The molecule has 1 aliphatic rings. The Hall–Kier alpha value is -2.88. The van der Waals surface area contributed by atoms with Gasteiger partial charge in [0, 0.05) is 31.0 Å². The highest BCUT2D eigenvalue weighted by Crippen LogP contribution is 2.42. The molecule has 26 heavy (non-hydrogen) atoms. The van der Waals surface area contributed by atoms with Crippen LogP contribution in [0.1, 0.15) is 29.8 Å². The number of rotatable bonds is 2. The van der Waals surface area contributed by atoms with Crippen molar-refractivity contribution in [3.8, 4) is 0 Å². The molecule has 4 nitrogen and oxygen atoms in total. The number of nitrogens with zero attached hydrogens (tertiary/aromatic N) is 4. The van der Waals surface area contributed by atoms with Crippen molar-refractivity contribution < 1.29 is 0 Å². The van der Waals surface area contributed by atoms with Crippen molar-refractivity contribution in [1.29, 1.82) is 0 Å². The van der Waals surface area contributed by atoms with Crippen LogP contribution in [-0.2, 0) is 6.42 Å². The predicted octanol–water partition coefficient (Wildman–Crippen LogP) is 4.98. The minimum Gasteiger partial charge on any atom is -0.329 e. The first-order valence-corrected chi connectivity index (χ1v) is 9.05. The van der Waals surface area contributed by atoms with Gasteiger partial charge in [-0.05, 0) is 43.0 Å². The maximum atomic E-state index is 4.82. The van der Waals surface area contributed by atoms with Gasteiger partial charge in [0.15, 0.2) is 0 Å². The SMILES string of the molecule is Cc1nc(N(C)c2ccccc2)c2c(n1)N(C)c1ccccc1[C@@H](C)C2. The molecule has 0 spiro atoms. The van der Waals surface area contributed by atoms with Crippen molar-refractivity contribution in [1.82, 2.24) is 9.97 Å². The van der Waals surface area contributed by atoms with E-state index in [0.29, 0.717) is 5.92 Å². The first-order valence-electron chi connectivity index (χ1n) is 9.05. The standard InChI is InChI=1S/C22H24N4/c1-15-14-19-21(25(3)17-10-6-5-7-11-17)23-16(2)24-22(19)26(4)20-13-9-8-12-18(15)20/h5-13,15H,14H2,1-4H3/t15-/m0/s1. The van der Waals surface area contributed by atoms with Gasteiger partial charge in [-0.2, -0.15) is 0 Å². The second-order valence-electron chi connectivity index (χ2n) is 7.01. The molecule has 0 amide bonds. The monoisotopic (exact) mass is 344 g/mol. The second kappa shape index (κ2) is 6.45. The van der Waals surface area contributed by atoms with Crippen LogP contribution >= 0.6 is 0 Å². The fourth-order valence-electron chi connectivity index (χ4n) is 3.82. The molecule has 1 atom stereocenters. The average Bonchev–Trinajstić information content (AvgIpc) is 2.77. The molecule has 0 N–H and O–H groups in total. The van der Waals surface area contributed by atoms with Gasteiger partial charge in [0.05, 0.1) is 0 Å².